The van der Waals surface area contributed by atoms with Gasteiger partial charge in [-0.25, -0.2) is 9.48 Å². The molecule has 0 N–H and O–H groups in total. The molecule has 0 saturated carbocycles. The Hall–Kier alpha value is -2.63. The molecule has 5 nitrogen and oxygen atoms in total. The van der Waals surface area contributed by atoms with Gasteiger partial charge in [-0.1, -0.05) is 23.2 Å². The zero-order valence-corrected chi connectivity index (χ0v) is 15.3. The first-order chi connectivity index (χ1) is 12.5. The molecule has 1 heterocycles. The Balaban J connectivity index is 2.06. The van der Waals surface area contributed by atoms with Gasteiger partial charge in [-0.15, -0.1) is 0 Å². The summed E-state index contributed by atoms with van der Waals surface area (Å²) in [5.74, 6) is -0.998. The van der Waals surface area contributed by atoms with Crippen molar-refractivity contribution in [3.63, 3.8) is 0 Å². The van der Waals surface area contributed by atoms with E-state index < -0.39 is 5.97 Å². The van der Waals surface area contributed by atoms with Gasteiger partial charge in [0.05, 0.1) is 17.9 Å². The van der Waals surface area contributed by atoms with Gasteiger partial charge in [0.1, 0.15) is 0 Å². The van der Waals surface area contributed by atoms with Crippen molar-refractivity contribution >= 4 is 35.0 Å². The molecule has 0 fully saturated rings. The highest BCUT2D eigenvalue weighted by atomic mass is 35.5. The molecule has 0 radical (unpaired) electrons. The first-order valence-electron chi connectivity index (χ1n) is 7.82. The maximum Gasteiger partial charge on any atom is 0.359 e. The first-order valence-corrected chi connectivity index (χ1v) is 8.58. The number of ketones is 1. The summed E-state index contributed by atoms with van der Waals surface area (Å²) in [5.41, 5.74) is 1.17. The molecule has 0 aliphatic heterocycles. The maximum atomic E-state index is 12.9. The number of aromatic nitrogens is 2. The van der Waals surface area contributed by atoms with Gasteiger partial charge in [0, 0.05) is 21.8 Å². The van der Waals surface area contributed by atoms with Gasteiger partial charge in [-0.3, -0.25) is 4.79 Å². The van der Waals surface area contributed by atoms with Crippen molar-refractivity contribution in [2.24, 2.45) is 0 Å². The average Bonchev–Trinajstić information content (AvgIpc) is 3.08. The second kappa shape index (κ2) is 7.72. The van der Waals surface area contributed by atoms with Gasteiger partial charge in [0.15, 0.2) is 11.5 Å². The Bertz CT molecular complexity index is 948. The van der Waals surface area contributed by atoms with Gasteiger partial charge in [-0.2, -0.15) is 5.10 Å². The lowest BCUT2D eigenvalue weighted by Gasteiger charge is -2.02. The van der Waals surface area contributed by atoms with Crippen molar-refractivity contribution in [1.29, 1.82) is 0 Å². The SMILES string of the molecule is CCOC(=O)c1nn(-c2ccc(Cl)cc2)cc1C(=O)c1ccc(Cl)cc1. The highest BCUT2D eigenvalue weighted by Gasteiger charge is 2.24. The molecule has 3 aromatic rings. The number of esters is 1. The van der Waals surface area contributed by atoms with E-state index in [1.807, 2.05) is 0 Å². The van der Waals surface area contributed by atoms with Crippen LogP contribution in [0.5, 0.6) is 0 Å². The van der Waals surface area contributed by atoms with E-state index in [1.54, 1.807) is 55.5 Å². The molecule has 0 aliphatic rings. The molecule has 0 saturated heterocycles. The Morgan fingerprint density at radius 3 is 2.15 bits per heavy atom. The van der Waals surface area contributed by atoms with Gasteiger partial charge in [-0.05, 0) is 55.5 Å². The molecular weight excluding hydrogens is 375 g/mol. The van der Waals surface area contributed by atoms with E-state index in [0.717, 1.165) is 0 Å². The monoisotopic (exact) mass is 388 g/mol. The number of carbonyl (C=O) groups is 2. The fourth-order valence-corrected chi connectivity index (χ4v) is 2.63. The minimum Gasteiger partial charge on any atom is -0.461 e. The number of halogens is 2. The quantitative estimate of drug-likeness (QED) is 0.473. The fourth-order valence-electron chi connectivity index (χ4n) is 2.37. The predicted molar refractivity (Wildman–Crippen MR) is 99.4 cm³/mol. The lowest BCUT2D eigenvalue weighted by atomic mass is 10.0. The molecule has 7 heteroatoms. The van der Waals surface area contributed by atoms with Crippen LogP contribution in [0.3, 0.4) is 0 Å². The number of hydrogen-bond donors (Lipinski definition) is 0. The summed E-state index contributed by atoms with van der Waals surface area (Å²) in [6.07, 6.45) is 1.51. The number of nitrogens with zero attached hydrogens (tertiary/aromatic N) is 2. The number of carbonyl (C=O) groups excluding carboxylic acids is 2. The van der Waals surface area contributed by atoms with E-state index >= 15 is 0 Å². The maximum absolute atomic E-state index is 12.9. The van der Waals surface area contributed by atoms with Crippen LogP contribution in [0.1, 0.15) is 33.3 Å². The molecule has 0 spiro atoms. The zero-order valence-electron chi connectivity index (χ0n) is 13.8. The standard InChI is InChI=1S/C19H14Cl2N2O3/c1-2-26-19(25)17-16(18(24)12-3-5-13(20)6-4-12)11-23(22-17)15-9-7-14(21)8-10-15/h3-11H,2H2,1H3. The van der Waals surface area contributed by atoms with Crippen molar-refractivity contribution in [3.05, 3.63) is 81.6 Å². The predicted octanol–water partition coefficient (Wildman–Crippen LogP) is 4.59. The van der Waals surface area contributed by atoms with Crippen LogP contribution in [0, 0.1) is 0 Å². The van der Waals surface area contributed by atoms with Crippen LogP contribution >= 0.6 is 23.2 Å². The van der Waals surface area contributed by atoms with Crippen LogP contribution in [-0.4, -0.2) is 28.1 Å². The van der Waals surface area contributed by atoms with E-state index in [1.165, 1.54) is 10.9 Å². The zero-order chi connectivity index (χ0) is 18.7. The highest BCUT2D eigenvalue weighted by molar-refractivity contribution is 6.31. The molecule has 0 aliphatic carbocycles. The normalized spacial score (nSPS) is 10.6. The van der Waals surface area contributed by atoms with Gasteiger partial charge in [0.25, 0.3) is 0 Å². The molecular formula is C19H14Cl2N2O3. The Morgan fingerprint density at radius 1 is 1.00 bits per heavy atom. The molecule has 0 unspecified atom stereocenters. The summed E-state index contributed by atoms with van der Waals surface area (Å²) in [7, 11) is 0. The number of benzene rings is 2. The highest BCUT2D eigenvalue weighted by Crippen LogP contribution is 2.20. The molecule has 1 aromatic heterocycles. The summed E-state index contributed by atoms with van der Waals surface area (Å²) in [5, 5.41) is 5.34. The summed E-state index contributed by atoms with van der Waals surface area (Å²) >= 11 is 11.8. The second-order valence-corrected chi connectivity index (χ2v) is 6.24. The van der Waals surface area contributed by atoms with Crippen LogP contribution in [-0.2, 0) is 4.74 Å². The smallest absolute Gasteiger partial charge is 0.359 e. The van der Waals surface area contributed by atoms with E-state index in [4.69, 9.17) is 27.9 Å². The topological polar surface area (TPSA) is 61.2 Å². The van der Waals surface area contributed by atoms with Gasteiger partial charge < -0.3 is 4.74 Å². The molecule has 0 bridgehead atoms. The fraction of sp³-hybridized carbons (Fsp3) is 0.105. The molecule has 0 atom stereocenters. The second-order valence-electron chi connectivity index (χ2n) is 5.37. The summed E-state index contributed by atoms with van der Waals surface area (Å²) in [6, 6.07) is 13.3. The van der Waals surface area contributed by atoms with Gasteiger partial charge >= 0.3 is 5.97 Å². The number of hydrogen-bond acceptors (Lipinski definition) is 4. The minimum absolute atomic E-state index is 0.0400. The Kier molecular flexibility index (Phi) is 5.40. The largest absolute Gasteiger partial charge is 0.461 e. The summed E-state index contributed by atoms with van der Waals surface area (Å²) in [4.78, 5) is 25.1. The van der Waals surface area contributed by atoms with Crippen molar-refractivity contribution in [1.82, 2.24) is 9.78 Å². The minimum atomic E-state index is -0.655. The van der Waals surface area contributed by atoms with Crippen molar-refractivity contribution in [2.45, 2.75) is 6.92 Å². The van der Waals surface area contributed by atoms with Gasteiger partial charge in [0.2, 0.25) is 0 Å². The molecule has 3 rings (SSSR count). The first kappa shape index (κ1) is 18.2. The lowest BCUT2D eigenvalue weighted by molar-refractivity contribution is 0.0516. The van der Waals surface area contributed by atoms with Crippen molar-refractivity contribution in [2.75, 3.05) is 6.61 Å². The van der Waals surface area contributed by atoms with Crippen LogP contribution in [0.2, 0.25) is 10.0 Å². The molecule has 0 amide bonds. The van der Waals surface area contributed by atoms with Crippen LogP contribution in [0.25, 0.3) is 5.69 Å². The molecule has 2 aromatic carbocycles. The van der Waals surface area contributed by atoms with Crippen LogP contribution < -0.4 is 0 Å². The van der Waals surface area contributed by atoms with E-state index in [-0.39, 0.29) is 23.6 Å². The molecule has 26 heavy (non-hydrogen) atoms. The van der Waals surface area contributed by atoms with Crippen molar-refractivity contribution in [3.8, 4) is 5.69 Å². The van der Waals surface area contributed by atoms with E-state index in [9.17, 15) is 9.59 Å². The third-order valence-corrected chi connectivity index (χ3v) is 4.13. The third kappa shape index (κ3) is 3.79. The van der Waals surface area contributed by atoms with Crippen molar-refractivity contribution < 1.29 is 14.3 Å². The number of rotatable bonds is 5. The number of ether oxygens (including phenoxy) is 1. The summed E-state index contributed by atoms with van der Waals surface area (Å²) in [6.45, 7) is 1.87. The third-order valence-electron chi connectivity index (χ3n) is 3.63. The lowest BCUT2D eigenvalue weighted by Crippen LogP contribution is -2.12. The van der Waals surface area contributed by atoms with Crippen LogP contribution in [0.4, 0.5) is 0 Å². The van der Waals surface area contributed by atoms with Crippen LogP contribution in [0.15, 0.2) is 54.7 Å². The van der Waals surface area contributed by atoms with E-state index in [0.29, 0.717) is 21.3 Å². The summed E-state index contributed by atoms with van der Waals surface area (Å²) < 4.78 is 6.48. The van der Waals surface area contributed by atoms with E-state index in [2.05, 4.69) is 5.10 Å². The average molecular weight is 389 g/mol. The Morgan fingerprint density at radius 2 is 1.58 bits per heavy atom. The Labute approximate surface area is 160 Å². The molecule has 132 valence electrons.